The molecule has 1 N–H and O–H groups in total. The topological polar surface area (TPSA) is 59.1 Å². The summed E-state index contributed by atoms with van der Waals surface area (Å²) < 4.78 is 0. The third kappa shape index (κ3) is 3.39. The van der Waals surface area contributed by atoms with Gasteiger partial charge in [-0.05, 0) is 12.1 Å². The van der Waals surface area contributed by atoms with Crippen LogP contribution in [0.2, 0.25) is 0 Å². The van der Waals surface area contributed by atoms with E-state index in [2.05, 4.69) is 10.3 Å². The minimum Gasteiger partial charge on any atom is -0.323 e. The number of rotatable bonds is 4. The van der Waals surface area contributed by atoms with Gasteiger partial charge >= 0.3 is 0 Å². The number of aromatic nitrogens is 1. The second-order valence-corrected chi connectivity index (χ2v) is 4.26. The zero-order chi connectivity index (χ0) is 13.7. The van der Waals surface area contributed by atoms with Crippen molar-refractivity contribution in [3.8, 4) is 0 Å². The summed E-state index contributed by atoms with van der Waals surface area (Å²) in [4.78, 5) is 27.7. The van der Waals surface area contributed by atoms with Gasteiger partial charge in [-0.3, -0.25) is 14.6 Å². The molecule has 0 saturated heterocycles. The van der Waals surface area contributed by atoms with Crippen molar-refractivity contribution in [2.45, 2.75) is 5.38 Å². The Morgan fingerprint density at radius 3 is 2.47 bits per heavy atom. The number of hydrogen-bond donors (Lipinski definition) is 1. The molecule has 1 aromatic heterocycles. The van der Waals surface area contributed by atoms with Crippen LogP contribution >= 0.6 is 11.6 Å². The molecule has 0 radical (unpaired) electrons. The number of halogens is 1. The van der Waals surface area contributed by atoms with E-state index >= 15 is 0 Å². The number of ketones is 1. The fourth-order valence-electron chi connectivity index (χ4n) is 1.51. The van der Waals surface area contributed by atoms with Crippen LogP contribution in [0, 0.1) is 0 Å². The summed E-state index contributed by atoms with van der Waals surface area (Å²) in [7, 11) is 0. The molecular weight excluding hydrogens is 264 g/mol. The Labute approximate surface area is 115 Å². The van der Waals surface area contributed by atoms with Crippen molar-refractivity contribution < 1.29 is 9.59 Å². The van der Waals surface area contributed by atoms with E-state index < -0.39 is 17.1 Å². The summed E-state index contributed by atoms with van der Waals surface area (Å²) >= 11 is 5.88. The van der Waals surface area contributed by atoms with Crippen molar-refractivity contribution in [1.29, 1.82) is 0 Å². The van der Waals surface area contributed by atoms with Gasteiger partial charge in [0.1, 0.15) is 0 Å². The van der Waals surface area contributed by atoms with Crippen LogP contribution in [0.3, 0.4) is 0 Å². The fourth-order valence-corrected chi connectivity index (χ4v) is 1.69. The first-order chi connectivity index (χ1) is 9.18. The molecule has 0 fully saturated rings. The van der Waals surface area contributed by atoms with E-state index in [9.17, 15) is 9.59 Å². The maximum Gasteiger partial charge on any atom is 0.250 e. The first kappa shape index (κ1) is 13.2. The normalized spacial score (nSPS) is 11.6. The number of pyridine rings is 1. The molecule has 4 nitrogen and oxygen atoms in total. The van der Waals surface area contributed by atoms with Crippen LogP contribution in [0.25, 0.3) is 0 Å². The van der Waals surface area contributed by atoms with Crippen LogP contribution < -0.4 is 5.32 Å². The highest BCUT2D eigenvalue weighted by atomic mass is 35.5. The average molecular weight is 275 g/mol. The molecule has 0 aliphatic carbocycles. The lowest BCUT2D eigenvalue weighted by Gasteiger charge is -2.09. The van der Waals surface area contributed by atoms with Crippen LogP contribution in [0.5, 0.6) is 0 Å². The molecule has 0 bridgehead atoms. The number of carbonyl (C=O) groups is 2. The Kier molecular flexibility index (Phi) is 4.26. The minimum absolute atomic E-state index is 0.406. The summed E-state index contributed by atoms with van der Waals surface area (Å²) in [6.45, 7) is 0. The molecule has 2 aromatic rings. The predicted molar refractivity (Wildman–Crippen MR) is 73.3 cm³/mol. The molecule has 2 rings (SSSR count). The molecule has 19 heavy (non-hydrogen) atoms. The Hall–Kier alpha value is -2.20. The van der Waals surface area contributed by atoms with Crippen molar-refractivity contribution >= 4 is 29.0 Å². The first-order valence-corrected chi connectivity index (χ1v) is 6.06. The second kappa shape index (κ2) is 6.11. The van der Waals surface area contributed by atoms with Gasteiger partial charge in [0, 0.05) is 11.8 Å². The van der Waals surface area contributed by atoms with Crippen LogP contribution in [-0.4, -0.2) is 22.1 Å². The smallest absolute Gasteiger partial charge is 0.250 e. The number of anilines is 1. The standard InChI is InChI=1S/C14H11ClN2O2/c15-12(13(18)10-5-2-1-3-6-10)14(19)17-11-7-4-8-16-9-11/h1-9,12H,(H,17,19). The largest absolute Gasteiger partial charge is 0.323 e. The average Bonchev–Trinajstić information content (AvgIpc) is 2.47. The van der Waals surface area contributed by atoms with Gasteiger partial charge in [0.2, 0.25) is 5.91 Å². The van der Waals surface area contributed by atoms with Gasteiger partial charge in [-0.15, -0.1) is 11.6 Å². The number of carbonyl (C=O) groups excluding carboxylic acids is 2. The van der Waals surface area contributed by atoms with E-state index in [1.54, 1.807) is 48.7 Å². The number of nitrogens with one attached hydrogen (secondary N) is 1. The first-order valence-electron chi connectivity index (χ1n) is 5.62. The fraction of sp³-hybridized carbons (Fsp3) is 0.0714. The highest BCUT2D eigenvalue weighted by Gasteiger charge is 2.25. The molecule has 0 saturated carbocycles. The number of alkyl halides is 1. The Morgan fingerprint density at radius 2 is 1.84 bits per heavy atom. The van der Waals surface area contributed by atoms with Crippen LogP contribution in [0.15, 0.2) is 54.9 Å². The van der Waals surface area contributed by atoms with E-state index in [0.29, 0.717) is 11.3 Å². The lowest BCUT2D eigenvalue weighted by molar-refractivity contribution is -0.115. The molecule has 1 amide bonds. The van der Waals surface area contributed by atoms with Gasteiger partial charge in [0.05, 0.1) is 11.9 Å². The number of nitrogens with zero attached hydrogens (tertiary/aromatic N) is 1. The van der Waals surface area contributed by atoms with Crippen LogP contribution in [0.4, 0.5) is 5.69 Å². The molecule has 1 atom stereocenters. The zero-order valence-electron chi connectivity index (χ0n) is 9.92. The molecule has 5 heteroatoms. The Morgan fingerprint density at radius 1 is 1.11 bits per heavy atom. The Balaban J connectivity index is 2.06. The summed E-state index contributed by atoms with van der Waals surface area (Å²) in [6.07, 6.45) is 3.07. The van der Waals surface area contributed by atoms with Gasteiger partial charge in [0.25, 0.3) is 0 Å². The number of hydrogen-bond acceptors (Lipinski definition) is 3. The van der Waals surface area contributed by atoms with E-state index in [1.165, 1.54) is 6.20 Å². The van der Waals surface area contributed by atoms with Gasteiger partial charge < -0.3 is 5.32 Å². The van der Waals surface area contributed by atoms with Crippen molar-refractivity contribution in [3.63, 3.8) is 0 Å². The van der Waals surface area contributed by atoms with Gasteiger partial charge in [-0.1, -0.05) is 30.3 Å². The maximum absolute atomic E-state index is 12.0. The lowest BCUT2D eigenvalue weighted by atomic mass is 10.1. The molecule has 0 aliphatic heterocycles. The summed E-state index contributed by atoms with van der Waals surface area (Å²) in [6, 6.07) is 11.8. The summed E-state index contributed by atoms with van der Waals surface area (Å²) in [5.41, 5.74) is 0.905. The molecule has 1 aromatic carbocycles. The maximum atomic E-state index is 12.0. The SMILES string of the molecule is O=C(Nc1cccnc1)C(Cl)C(=O)c1ccccc1. The van der Waals surface area contributed by atoms with Gasteiger partial charge in [0.15, 0.2) is 11.2 Å². The van der Waals surface area contributed by atoms with E-state index in [4.69, 9.17) is 11.6 Å². The Bertz CT molecular complexity index is 573. The molecule has 96 valence electrons. The summed E-state index contributed by atoms with van der Waals surface area (Å²) in [5.74, 6) is -0.993. The van der Waals surface area contributed by atoms with Crippen molar-refractivity contribution in [2.24, 2.45) is 0 Å². The second-order valence-electron chi connectivity index (χ2n) is 3.82. The third-order valence-corrected chi connectivity index (χ3v) is 2.84. The number of benzene rings is 1. The van der Waals surface area contributed by atoms with Crippen molar-refractivity contribution in [3.05, 3.63) is 60.4 Å². The van der Waals surface area contributed by atoms with E-state index in [1.807, 2.05) is 0 Å². The van der Waals surface area contributed by atoms with Gasteiger partial charge in [-0.2, -0.15) is 0 Å². The predicted octanol–water partition coefficient (Wildman–Crippen LogP) is 2.51. The lowest BCUT2D eigenvalue weighted by Crippen LogP contribution is -2.30. The quantitative estimate of drug-likeness (QED) is 0.529. The highest BCUT2D eigenvalue weighted by Crippen LogP contribution is 2.11. The third-order valence-electron chi connectivity index (χ3n) is 2.45. The minimum atomic E-state index is -1.26. The van der Waals surface area contributed by atoms with Crippen LogP contribution in [-0.2, 0) is 4.79 Å². The van der Waals surface area contributed by atoms with Crippen molar-refractivity contribution in [2.75, 3.05) is 5.32 Å². The molecule has 1 unspecified atom stereocenters. The van der Waals surface area contributed by atoms with Gasteiger partial charge in [-0.25, -0.2) is 0 Å². The molecular formula is C14H11ClN2O2. The van der Waals surface area contributed by atoms with Crippen molar-refractivity contribution in [1.82, 2.24) is 4.98 Å². The van der Waals surface area contributed by atoms with Crippen LogP contribution in [0.1, 0.15) is 10.4 Å². The molecule has 1 heterocycles. The molecule has 0 spiro atoms. The number of Topliss-reactive ketones (excluding diaryl/α,β-unsaturated/α-hetero) is 1. The van der Waals surface area contributed by atoms with E-state index in [-0.39, 0.29) is 0 Å². The highest BCUT2D eigenvalue weighted by molar-refractivity contribution is 6.45. The van der Waals surface area contributed by atoms with E-state index in [0.717, 1.165) is 0 Å². The monoisotopic (exact) mass is 274 g/mol. The zero-order valence-corrected chi connectivity index (χ0v) is 10.7. The summed E-state index contributed by atoms with van der Waals surface area (Å²) in [5, 5.41) is 1.28. The molecule has 0 aliphatic rings. The number of amides is 1.